The molecule has 0 N–H and O–H groups in total. The number of para-hydroxylation sites is 2. The van der Waals surface area contributed by atoms with Crippen LogP contribution < -0.4 is 14.2 Å². The lowest BCUT2D eigenvalue weighted by molar-refractivity contribution is -0.136. The van der Waals surface area contributed by atoms with Crippen LogP contribution in [0.25, 0.3) is 0 Å². The third kappa shape index (κ3) is 4.37. The average Bonchev–Trinajstić information content (AvgIpc) is 2.47. The van der Waals surface area contributed by atoms with Gasteiger partial charge in [0.05, 0.1) is 12.1 Å². The molecule has 110 valence electrons. The molecule has 0 saturated carbocycles. The maximum absolute atomic E-state index is 11.8. The molecule has 0 saturated heterocycles. The van der Waals surface area contributed by atoms with E-state index in [1.807, 2.05) is 0 Å². The second-order valence-electron chi connectivity index (χ2n) is 3.99. The number of halogens is 2. The second kappa shape index (κ2) is 7.33. The lowest BCUT2D eigenvalue weighted by atomic mass is 10.3. The van der Waals surface area contributed by atoms with Gasteiger partial charge in [0.25, 0.3) is 0 Å². The minimum Gasteiger partial charge on any atom is -0.493 e. The van der Waals surface area contributed by atoms with Gasteiger partial charge in [-0.15, -0.1) is 0 Å². The molecule has 2 rings (SSSR count). The Hall–Kier alpha value is -1.72. The number of ether oxygens (including phenoxy) is 3. The van der Waals surface area contributed by atoms with Crippen LogP contribution in [0.5, 0.6) is 17.2 Å². The highest BCUT2D eigenvalue weighted by molar-refractivity contribution is 9.10. The number of hydrogen-bond acceptors (Lipinski definition) is 4. The second-order valence-corrected chi connectivity index (χ2v) is 5.31. The monoisotopic (exact) mass is 370 g/mol. The molecular weight excluding hydrogens is 360 g/mol. The molecule has 0 amide bonds. The number of carbonyl (C=O) groups is 1. The highest BCUT2D eigenvalue weighted by Gasteiger charge is 2.11. The fraction of sp³-hybridized carbons (Fsp3) is 0.133. The summed E-state index contributed by atoms with van der Waals surface area (Å²) in [6.45, 7) is -0.251. The van der Waals surface area contributed by atoms with Gasteiger partial charge in [-0.1, -0.05) is 39.7 Å². The number of rotatable bonds is 5. The molecule has 0 aliphatic rings. The molecule has 4 nitrogen and oxygen atoms in total. The summed E-state index contributed by atoms with van der Waals surface area (Å²) in [5.74, 6) is 0.693. The zero-order chi connectivity index (χ0) is 15.2. The molecule has 0 aliphatic heterocycles. The SMILES string of the molecule is COc1ccccc1OC(=O)COc1ccc(Br)cc1Cl. The van der Waals surface area contributed by atoms with Gasteiger partial charge in [-0.05, 0) is 30.3 Å². The fourth-order valence-electron chi connectivity index (χ4n) is 1.58. The third-order valence-electron chi connectivity index (χ3n) is 2.53. The van der Waals surface area contributed by atoms with Gasteiger partial charge < -0.3 is 14.2 Å². The van der Waals surface area contributed by atoms with E-state index in [9.17, 15) is 4.79 Å². The van der Waals surface area contributed by atoms with Gasteiger partial charge in [-0.2, -0.15) is 0 Å². The minimum atomic E-state index is -0.543. The van der Waals surface area contributed by atoms with E-state index in [0.717, 1.165) is 4.47 Å². The first-order chi connectivity index (χ1) is 10.1. The largest absolute Gasteiger partial charge is 0.493 e. The Morgan fingerprint density at radius 1 is 1.14 bits per heavy atom. The van der Waals surface area contributed by atoms with E-state index in [1.165, 1.54) is 7.11 Å². The van der Waals surface area contributed by atoms with Crippen LogP contribution in [0.3, 0.4) is 0 Å². The van der Waals surface area contributed by atoms with E-state index in [-0.39, 0.29) is 6.61 Å². The summed E-state index contributed by atoms with van der Waals surface area (Å²) in [6.07, 6.45) is 0. The Morgan fingerprint density at radius 2 is 1.86 bits per heavy atom. The quantitative estimate of drug-likeness (QED) is 0.586. The first-order valence-electron chi connectivity index (χ1n) is 6.01. The van der Waals surface area contributed by atoms with Crippen LogP contribution in [0, 0.1) is 0 Å². The summed E-state index contributed by atoms with van der Waals surface area (Å²) in [5, 5.41) is 0.412. The molecule has 2 aromatic rings. The summed E-state index contributed by atoms with van der Waals surface area (Å²) in [6, 6.07) is 12.0. The Labute approximate surface area is 135 Å². The number of benzene rings is 2. The van der Waals surface area contributed by atoms with Gasteiger partial charge in [0.1, 0.15) is 5.75 Å². The predicted molar refractivity (Wildman–Crippen MR) is 83.3 cm³/mol. The Kier molecular flexibility index (Phi) is 5.47. The Morgan fingerprint density at radius 3 is 2.52 bits per heavy atom. The maximum Gasteiger partial charge on any atom is 0.349 e. The van der Waals surface area contributed by atoms with Gasteiger partial charge >= 0.3 is 5.97 Å². The van der Waals surface area contributed by atoms with Crippen molar-refractivity contribution in [3.8, 4) is 17.2 Å². The molecule has 0 bridgehead atoms. The van der Waals surface area contributed by atoms with E-state index in [1.54, 1.807) is 42.5 Å². The summed E-state index contributed by atoms with van der Waals surface area (Å²) >= 11 is 9.28. The third-order valence-corrected chi connectivity index (χ3v) is 3.32. The lowest BCUT2D eigenvalue weighted by Gasteiger charge is -2.10. The standard InChI is InChI=1S/C15H12BrClO4/c1-19-13-4-2-3-5-14(13)21-15(18)9-20-12-7-6-10(16)8-11(12)17/h2-8H,9H2,1H3. The Bertz CT molecular complexity index is 645. The highest BCUT2D eigenvalue weighted by Crippen LogP contribution is 2.28. The van der Waals surface area contributed by atoms with E-state index in [2.05, 4.69) is 15.9 Å². The molecular formula is C15H12BrClO4. The van der Waals surface area contributed by atoms with Gasteiger partial charge in [0.15, 0.2) is 18.1 Å². The van der Waals surface area contributed by atoms with Crippen molar-refractivity contribution in [2.24, 2.45) is 0 Å². The minimum absolute atomic E-state index is 0.251. The Balaban J connectivity index is 1.96. The molecule has 0 aromatic heterocycles. The molecule has 0 heterocycles. The van der Waals surface area contributed by atoms with Crippen LogP contribution in [0.4, 0.5) is 0 Å². The first kappa shape index (κ1) is 15.7. The van der Waals surface area contributed by atoms with Crippen LogP contribution >= 0.6 is 27.5 Å². The van der Waals surface area contributed by atoms with Crippen LogP contribution in [-0.2, 0) is 4.79 Å². The van der Waals surface area contributed by atoms with E-state index in [4.69, 9.17) is 25.8 Å². The molecule has 0 fully saturated rings. The summed E-state index contributed by atoms with van der Waals surface area (Å²) < 4.78 is 16.4. The van der Waals surface area contributed by atoms with Crippen molar-refractivity contribution in [2.45, 2.75) is 0 Å². The molecule has 0 atom stereocenters. The van der Waals surface area contributed by atoms with Crippen molar-refractivity contribution < 1.29 is 19.0 Å². The van der Waals surface area contributed by atoms with Crippen LogP contribution in [0.1, 0.15) is 0 Å². The van der Waals surface area contributed by atoms with Crippen molar-refractivity contribution in [2.75, 3.05) is 13.7 Å². The number of methoxy groups -OCH3 is 1. The topological polar surface area (TPSA) is 44.8 Å². The first-order valence-corrected chi connectivity index (χ1v) is 7.19. The summed E-state index contributed by atoms with van der Waals surface area (Å²) in [7, 11) is 1.50. The molecule has 6 heteroatoms. The van der Waals surface area contributed by atoms with Crippen molar-refractivity contribution in [1.29, 1.82) is 0 Å². The van der Waals surface area contributed by atoms with E-state index in [0.29, 0.717) is 22.3 Å². The summed E-state index contributed by atoms with van der Waals surface area (Å²) in [4.78, 5) is 11.8. The van der Waals surface area contributed by atoms with E-state index >= 15 is 0 Å². The van der Waals surface area contributed by atoms with Gasteiger partial charge in [0.2, 0.25) is 0 Å². The van der Waals surface area contributed by atoms with Crippen LogP contribution in [-0.4, -0.2) is 19.7 Å². The molecule has 0 unspecified atom stereocenters. The lowest BCUT2D eigenvalue weighted by Crippen LogP contribution is -2.18. The fourth-order valence-corrected chi connectivity index (χ4v) is 2.31. The molecule has 2 aromatic carbocycles. The smallest absolute Gasteiger partial charge is 0.349 e. The molecule has 0 spiro atoms. The number of esters is 1. The predicted octanol–water partition coefficient (Wildman–Crippen LogP) is 4.10. The van der Waals surface area contributed by atoms with Crippen molar-refractivity contribution in [3.05, 3.63) is 52.0 Å². The normalized spacial score (nSPS) is 10.0. The van der Waals surface area contributed by atoms with Gasteiger partial charge in [0, 0.05) is 4.47 Å². The number of carbonyl (C=O) groups excluding carboxylic acids is 1. The van der Waals surface area contributed by atoms with E-state index < -0.39 is 5.97 Å². The van der Waals surface area contributed by atoms with Crippen molar-refractivity contribution in [1.82, 2.24) is 0 Å². The van der Waals surface area contributed by atoms with Crippen LogP contribution in [0.2, 0.25) is 5.02 Å². The van der Waals surface area contributed by atoms with Gasteiger partial charge in [-0.25, -0.2) is 4.79 Å². The van der Waals surface area contributed by atoms with Gasteiger partial charge in [-0.3, -0.25) is 0 Å². The molecule has 0 aliphatic carbocycles. The zero-order valence-corrected chi connectivity index (χ0v) is 13.5. The van der Waals surface area contributed by atoms with Crippen molar-refractivity contribution >= 4 is 33.5 Å². The van der Waals surface area contributed by atoms with Crippen LogP contribution in [0.15, 0.2) is 46.9 Å². The highest BCUT2D eigenvalue weighted by atomic mass is 79.9. The maximum atomic E-state index is 11.8. The molecule has 21 heavy (non-hydrogen) atoms. The van der Waals surface area contributed by atoms with Crippen molar-refractivity contribution in [3.63, 3.8) is 0 Å². The number of hydrogen-bond donors (Lipinski definition) is 0. The summed E-state index contributed by atoms with van der Waals surface area (Å²) in [5.41, 5.74) is 0. The zero-order valence-electron chi connectivity index (χ0n) is 11.1. The average molecular weight is 372 g/mol. The molecule has 0 radical (unpaired) electrons.